The average Bonchev–Trinajstić information content (AvgIpc) is 2.94. The number of nitrogens with zero attached hydrogens (tertiary/aromatic N) is 3. The molecule has 0 aliphatic heterocycles. The van der Waals surface area contributed by atoms with E-state index >= 15 is 0 Å². The van der Waals surface area contributed by atoms with Crippen molar-refractivity contribution in [1.29, 1.82) is 0 Å². The van der Waals surface area contributed by atoms with Crippen LogP contribution in [0.2, 0.25) is 0 Å². The molecule has 0 radical (unpaired) electrons. The number of fused-ring (bicyclic) bond motifs is 1. The van der Waals surface area contributed by atoms with E-state index in [1.54, 1.807) is 17.4 Å². The summed E-state index contributed by atoms with van der Waals surface area (Å²) in [4.78, 5) is 9.97. The summed E-state index contributed by atoms with van der Waals surface area (Å²) >= 11 is 7.84. The zero-order valence-electron chi connectivity index (χ0n) is 11.1. The Hall–Kier alpha value is -1.46. The van der Waals surface area contributed by atoms with Crippen LogP contribution in [0.25, 0.3) is 11.0 Å². The molecule has 0 saturated heterocycles. The Labute approximate surface area is 125 Å². The lowest BCUT2D eigenvalue weighted by Crippen LogP contribution is -2.05. The Balaban J connectivity index is 2.13. The van der Waals surface area contributed by atoms with Gasteiger partial charge in [0, 0.05) is 17.1 Å². The van der Waals surface area contributed by atoms with Gasteiger partial charge in [-0.05, 0) is 26.0 Å². The van der Waals surface area contributed by atoms with Crippen molar-refractivity contribution in [2.75, 3.05) is 0 Å². The number of alkyl halides is 1. The van der Waals surface area contributed by atoms with Gasteiger partial charge in [0.2, 0.25) is 0 Å². The smallest absolute Gasteiger partial charge is 0.128 e. The van der Waals surface area contributed by atoms with E-state index in [0.29, 0.717) is 12.1 Å². The monoisotopic (exact) mass is 309 g/mol. The van der Waals surface area contributed by atoms with E-state index in [1.807, 2.05) is 24.6 Å². The van der Waals surface area contributed by atoms with Gasteiger partial charge in [-0.15, -0.1) is 22.9 Å². The highest BCUT2D eigenvalue weighted by Gasteiger charge is 2.16. The fourth-order valence-corrected chi connectivity index (χ4v) is 3.14. The molecule has 3 aromatic rings. The van der Waals surface area contributed by atoms with Crippen molar-refractivity contribution in [1.82, 2.24) is 14.5 Å². The summed E-state index contributed by atoms with van der Waals surface area (Å²) in [5.74, 6) is 0.445. The average molecular weight is 310 g/mol. The van der Waals surface area contributed by atoms with Crippen molar-refractivity contribution >= 4 is 34.0 Å². The standard InChI is InChI=1S/C14H13ClFN3S/c1-8-6-17-13(20-8)7-19-12-4-3-10(16)5-11(12)18-14(19)9(2)15/h3-6,9H,7H2,1-2H3. The molecular weight excluding hydrogens is 297 g/mol. The summed E-state index contributed by atoms with van der Waals surface area (Å²) < 4.78 is 15.3. The summed E-state index contributed by atoms with van der Waals surface area (Å²) in [5.41, 5.74) is 1.50. The molecule has 0 aliphatic carbocycles. The maximum atomic E-state index is 13.3. The van der Waals surface area contributed by atoms with Crippen molar-refractivity contribution in [3.8, 4) is 0 Å². The maximum absolute atomic E-state index is 13.3. The second kappa shape index (κ2) is 5.14. The van der Waals surface area contributed by atoms with E-state index in [9.17, 15) is 4.39 Å². The van der Waals surface area contributed by atoms with Gasteiger partial charge in [0.05, 0.1) is 23.0 Å². The molecule has 1 unspecified atom stereocenters. The second-order valence-corrected chi connectivity index (χ2v) is 6.64. The lowest BCUT2D eigenvalue weighted by Gasteiger charge is -2.08. The number of imidazole rings is 1. The molecule has 3 rings (SSSR count). The first kappa shape index (κ1) is 13.5. The van der Waals surface area contributed by atoms with E-state index in [2.05, 4.69) is 9.97 Å². The summed E-state index contributed by atoms with van der Waals surface area (Å²) in [6.45, 7) is 4.49. The molecule has 104 valence electrons. The second-order valence-electron chi connectivity index (χ2n) is 4.67. The fourth-order valence-electron chi connectivity index (χ4n) is 2.20. The van der Waals surface area contributed by atoms with Crippen LogP contribution >= 0.6 is 22.9 Å². The number of hydrogen-bond acceptors (Lipinski definition) is 3. The minimum Gasteiger partial charge on any atom is -0.320 e. The molecule has 0 saturated carbocycles. The predicted molar refractivity (Wildman–Crippen MR) is 79.9 cm³/mol. The van der Waals surface area contributed by atoms with Gasteiger partial charge in [0.1, 0.15) is 16.6 Å². The number of aryl methyl sites for hydroxylation is 1. The highest BCUT2D eigenvalue weighted by Crippen LogP contribution is 2.26. The Morgan fingerprint density at radius 1 is 1.45 bits per heavy atom. The van der Waals surface area contributed by atoms with Crippen LogP contribution in [0, 0.1) is 12.7 Å². The summed E-state index contributed by atoms with van der Waals surface area (Å²) in [5, 5.41) is 0.746. The molecule has 2 heterocycles. The maximum Gasteiger partial charge on any atom is 0.128 e. The Morgan fingerprint density at radius 2 is 2.25 bits per heavy atom. The third-order valence-electron chi connectivity index (χ3n) is 3.06. The van der Waals surface area contributed by atoms with Crippen molar-refractivity contribution in [3.63, 3.8) is 0 Å². The molecule has 0 N–H and O–H groups in total. The zero-order chi connectivity index (χ0) is 14.3. The van der Waals surface area contributed by atoms with Crippen LogP contribution in [-0.4, -0.2) is 14.5 Å². The minimum atomic E-state index is -0.291. The molecule has 0 spiro atoms. The minimum absolute atomic E-state index is 0.244. The van der Waals surface area contributed by atoms with Crippen LogP contribution in [0.1, 0.15) is 28.0 Å². The van der Waals surface area contributed by atoms with Crippen molar-refractivity contribution in [2.45, 2.75) is 25.8 Å². The third-order valence-corrected chi connectivity index (χ3v) is 4.15. The largest absolute Gasteiger partial charge is 0.320 e. The van der Waals surface area contributed by atoms with Gasteiger partial charge in [-0.2, -0.15) is 0 Å². The van der Waals surface area contributed by atoms with E-state index in [0.717, 1.165) is 21.2 Å². The molecule has 6 heteroatoms. The SMILES string of the molecule is Cc1cnc(Cn2c(C(C)Cl)nc3cc(F)ccc32)s1. The number of halogens is 2. The lowest BCUT2D eigenvalue weighted by atomic mass is 10.3. The van der Waals surface area contributed by atoms with Crippen LogP contribution in [0.15, 0.2) is 24.4 Å². The molecule has 1 atom stereocenters. The first-order valence-corrected chi connectivity index (χ1v) is 7.51. The van der Waals surface area contributed by atoms with Gasteiger partial charge in [0.15, 0.2) is 0 Å². The van der Waals surface area contributed by atoms with E-state index in [-0.39, 0.29) is 11.2 Å². The highest BCUT2D eigenvalue weighted by molar-refractivity contribution is 7.11. The molecule has 0 aliphatic rings. The molecule has 0 fully saturated rings. The molecule has 20 heavy (non-hydrogen) atoms. The molecule has 1 aromatic carbocycles. The van der Waals surface area contributed by atoms with E-state index in [4.69, 9.17) is 11.6 Å². The Morgan fingerprint density at radius 3 is 2.90 bits per heavy atom. The molecule has 0 amide bonds. The molecule has 3 nitrogen and oxygen atoms in total. The normalized spacial score (nSPS) is 13.0. The van der Waals surface area contributed by atoms with Crippen LogP contribution in [0.3, 0.4) is 0 Å². The Kier molecular flexibility index (Phi) is 3.48. The van der Waals surface area contributed by atoms with Gasteiger partial charge in [-0.3, -0.25) is 0 Å². The van der Waals surface area contributed by atoms with Gasteiger partial charge < -0.3 is 4.57 Å². The van der Waals surface area contributed by atoms with Crippen molar-refractivity contribution < 1.29 is 4.39 Å². The van der Waals surface area contributed by atoms with Gasteiger partial charge in [0.25, 0.3) is 0 Å². The fraction of sp³-hybridized carbons (Fsp3) is 0.286. The topological polar surface area (TPSA) is 30.7 Å². The quantitative estimate of drug-likeness (QED) is 0.676. The first-order valence-electron chi connectivity index (χ1n) is 6.25. The first-order chi connectivity index (χ1) is 9.54. The van der Waals surface area contributed by atoms with Crippen molar-refractivity contribution in [3.05, 3.63) is 45.9 Å². The van der Waals surface area contributed by atoms with Crippen LogP contribution in [0.4, 0.5) is 4.39 Å². The third kappa shape index (κ3) is 2.43. The zero-order valence-corrected chi connectivity index (χ0v) is 12.7. The predicted octanol–water partition coefficient (Wildman–Crippen LogP) is 4.29. The number of thiazole rings is 1. The van der Waals surface area contributed by atoms with Gasteiger partial charge in [-0.1, -0.05) is 0 Å². The van der Waals surface area contributed by atoms with Crippen LogP contribution < -0.4 is 0 Å². The van der Waals surface area contributed by atoms with Gasteiger partial charge >= 0.3 is 0 Å². The van der Waals surface area contributed by atoms with Crippen LogP contribution in [0.5, 0.6) is 0 Å². The van der Waals surface area contributed by atoms with Crippen LogP contribution in [-0.2, 0) is 6.54 Å². The lowest BCUT2D eigenvalue weighted by molar-refractivity contribution is 0.629. The summed E-state index contributed by atoms with van der Waals surface area (Å²) in [7, 11) is 0. The Bertz CT molecular complexity index is 763. The summed E-state index contributed by atoms with van der Waals surface area (Å²) in [6.07, 6.45) is 1.85. The molecular formula is C14H13ClFN3S. The number of hydrogen-bond donors (Lipinski definition) is 0. The summed E-state index contributed by atoms with van der Waals surface area (Å²) in [6, 6.07) is 4.61. The number of benzene rings is 1. The van der Waals surface area contributed by atoms with Crippen molar-refractivity contribution in [2.24, 2.45) is 0 Å². The highest BCUT2D eigenvalue weighted by atomic mass is 35.5. The molecule has 2 aromatic heterocycles. The van der Waals surface area contributed by atoms with E-state index in [1.165, 1.54) is 12.1 Å². The molecule has 0 bridgehead atoms. The van der Waals surface area contributed by atoms with Gasteiger partial charge in [-0.25, -0.2) is 14.4 Å². The number of aromatic nitrogens is 3. The van der Waals surface area contributed by atoms with E-state index < -0.39 is 0 Å². The number of rotatable bonds is 3.